The molecule has 25 heavy (non-hydrogen) atoms. The zero-order valence-electron chi connectivity index (χ0n) is 15.4. The standard InChI is InChI=1S/C20H25N3OS/c1-5-22(6-2)13-17-21-19-18(14(3)15(4)25-19)20(24)23(17)12-16-10-8-7-9-11-16/h7-11H,5-6,12-13H2,1-4H3. The summed E-state index contributed by atoms with van der Waals surface area (Å²) in [6.45, 7) is 11.5. The first-order valence-electron chi connectivity index (χ1n) is 8.80. The summed E-state index contributed by atoms with van der Waals surface area (Å²) in [7, 11) is 0. The van der Waals surface area contributed by atoms with Gasteiger partial charge in [0.1, 0.15) is 10.7 Å². The van der Waals surface area contributed by atoms with Crippen molar-refractivity contribution < 1.29 is 0 Å². The highest BCUT2D eigenvalue weighted by Crippen LogP contribution is 2.26. The van der Waals surface area contributed by atoms with Gasteiger partial charge in [-0.05, 0) is 38.1 Å². The molecule has 2 heterocycles. The predicted octanol–water partition coefficient (Wildman–Crippen LogP) is 3.96. The molecule has 0 bridgehead atoms. The summed E-state index contributed by atoms with van der Waals surface area (Å²) in [4.78, 5) is 22.5. The molecule has 2 aromatic heterocycles. The number of fused-ring (bicyclic) bond motifs is 1. The van der Waals surface area contributed by atoms with Crippen LogP contribution in [0, 0.1) is 13.8 Å². The number of rotatable bonds is 6. The van der Waals surface area contributed by atoms with Gasteiger partial charge in [-0.15, -0.1) is 11.3 Å². The van der Waals surface area contributed by atoms with Crippen LogP contribution in [0.3, 0.4) is 0 Å². The van der Waals surface area contributed by atoms with Crippen LogP contribution < -0.4 is 5.56 Å². The third-order valence-electron chi connectivity index (χ3n) is 4.81. The van der Waals surface area contributed by atoms with Crippen LogP contribution in [0.5, 0.6) is 0 Å². The molecule has 3 aromatic rings. The zero-order valence-corrected chi connectivity index (χ0v) is 16.2. The molecule has 0 fully saturated rings. The predicted molar refractivity (Wildman–Crippen MR) is 106 cm³/mol. The van der Waals surface area contributed by atoms with Gasteiger partial charge in [0.05, 0.1) is 18.5 Å². The van der Waals surface area contributed by atoms with Gasteiger partial charge in [0.25, 0.3) is 5.56 Å². The molecule has 5 heteroatoms. The molecule has 1 aromatic carbocycles. The summed E-state index contributed by atoms with van der Waals surface area (Å²) >= 11 is 1.62. The van der Waals surface area contributed by atoms with E-state index in [0.717, 1.165) is 40.3 Å². The lowest BCUT2D eigenvalue weighted by molar-refractivity contribution is 0.282. The Morgan fingerprint density at radius 1 is 1.12 bits per heavy atom. The molecule has 0 saturated heterocycles. The maximum atomic E-state index is 13.3. The topological polar surface area (TPSA) is 38.1 Å². The molecule has 0 spiro atoms. The van der Waals surface area contributed by atoms with Gasteiger partial charge in [0.2, 0.25) is 0 Å². The van der Waals surface area contributed by atoms with E-state index in [4.69, 9.17) is 4.98 Å². The second kappa shape index (κ2) is 7.50. The van der Waals surface area contributed by atoms with Gasteiger partial charge in [0, 0.05) is 4.88 Å². The molecule has 0 atom stereocenters. The molecule has 3 rings (SSSR count). The van der Waals surface area contributed by atoms with Crippen molar-refractivity contribution >= 4 is 21.6 Å². The highest BCUT2D eigenvalue weighted by atomic mass is 32.1. The molecule has 0 amide bonds. The lowest BCUT2D eigenvalue weighted by Gasteiger charge is -2.20. The largest absolute Gasteiger partial charge is 0.297 e. The van der Waals surface area contributed by atoms with E-state index >= 15 is 0 Å². The van der Waals surface area contributed by atoms with E-state index in [9.17, 15) is 4.79 Å². The fraction of sp³-hybridized carbons (Fsp3) is 0.400. The number of aryl methyl sites for hydroxylation is 2. The van der Waals surface area contributed by atoms with Crippen LogP contribution in [-0.4, -0.2) is 27.5 Å². The van der Waals surface area contributed by atoms with Crippen LogP contribution in [0.25, 0.3) is 10.2 Å². The van der Waals surface area contributed by atoms with E-state index in [1.165, 1.54) is 4.88 Å². The monoisotopic (exact) mass is 355 g/mol. The van der Waals surface area contributed by atoms with Crippen molar-refractivity contribution in [1.29, 1.82) is 0 Å². The van der Waals surface area contributed by atoms with Crippen molar-refractivity contribution in [3.63, 3.8) is 0 Å². The Balaban J connectivity index is 2.17. The van der Waals surface area contributed by atoms with Crippen LogP contribution in [0.4, 0.5) is 0 Å². The fourth-order valence-electron chi connectivity index (χ4n) is 3.07. The highest BCUT2D eigenvalue weighted by Gasteiger charge is 2.17. The summed E-state index contributed by atoms with van der Waals surface area (Å²) in [6, 6.07) is 10.1. The molecule has 0 N–H and O–H groups in total. The number of hydrogen-bond donors (Lipinski definition) is 0. The molecule has 0 aliphatic heterocycles. The smallest absolute Gasteiger partial charge is 0.262 e. The summed E-state index contributed by atoms with van der Waals surface area (Å²) in [5.74, 6) is 0.853. The van der Waals surface area contributed by atoms with Crippen molar-refractivity contribution in [2.75, 3.05) is 13.1 Å². The Labute approximate surface area is 152 Å². The van der Waals surface area contributed by atoms with E-state index < -0.39 is 0 Å². The molecule has 132 valence electrons. The van der Waals surface area contributed by atoms with Gasteiger partial charge in [-0.2, -0.15) is 0 Å². The summed E-state index contributed by atoms with van der Waals surface area (Å²) in [6.07, 6.45) is 0. The molecular weight excluding hydrogens is 330 g/mol. The fourth-order valence-corrected chi connectivity index (χ4v) is 4.11. The minimum absolute atomic E-state index is 0.0814. The SMILES string of the molecule is CCN(CC)Cc1nc2sc(C)c(C)c2c(=O)n1Cc1ccccc1. The summed E-state index contributed by atoms with van der Waals surface area (Å²) in [5, 5.41) is 0.779. The van der Waals surface area contributed by atoms with Crippen molar-refractivity contribution in [1.82, 2.24) is 14.5 Å². The van der Waals surface area contributed by atoms with Crippen molar-refractivity contribution in [3.8, 4) is 0 Å². The third-order valence-corrected chi connectivity index (χ3v) is 5.91. The van der Waals surface area contributed by atoms with Gasteiger partial charge >= 0.3 is 0 Å². The van der Waals surface area contributed by atoms with E-state index in [2.05, 4.69) is 37.8 Å². The van der Waals surface area contributed by atoms with Crippen molar-refractivity contribution in [2.45, 2.75) is 40.8 Å². The molecule has 0 saturated carbocycles. The van der Waals surface area contributed by atoms with Crippen LogP contribution in [0.1, 0.15) is 35.7 Å². The molecule has 4 nitrogen and oxygen atoms in total. The van der Waals surface area contributed by atoms with E-state index in [-0.39, 0.29) is 5.56 Å². The van der Waals surface area contributed by atoms with Gasteiger partial charge < -0.3 is 0 Å². The summed E-state index contributed by atoms with van der Waals surface area (Å²) < 4.78 is 1.86. The summed E-state index contributed by atoms with van der Waals surface area (Å²) in [5.41, 5.74) is 2.27. The second-order valence-electron chi connectivity index (χ2n) is 6.33. The van der Waals surface area contributed by atoms with Gasteiger partial charge in [-0.3, -0.25) is 14.3 Å². The van der Waals surface area contributed by atoms with Crippen LogP contribution in [-0.2, 0) is 13.1 Å². The lowest BCUT2D eigenvalue weighted by Crippen LogP contribution is -2.31. The average molecular weight is 356 g/mol. The molecule has 0 unspecified atom stereocenters. The van der Waals surface area contributed by atoms with Gasteiger partial charge in [-0.1, -0.05) is 44.2 Å². The van der Waals surface area contributed by atoms with Gasteiger partial charge in [0.15, 0.2) is 0 Å². The quantitative estimate of drug-likeness (QED) is 0.672. The third kappa shape index (κ3) is 3.53. The van der Waals surface area contributed by atoms with Crippen LogP contribution in [0.15, 0.2) is 35.1 Å². The highest BCUT2D eigenvalue weighted by molar-refractivity contribution is 7.18. The average Bonchev–Trinajstić information content (AvgIpc) is 2.91. The zero-order chi connectivity index (χ0) is 18.0. The Bertz CT molecular complexity index is 924. The first-order valence-corrected chi connectivity index (χ1v) is 9.62. The number of benzene rings is 1. The minimum atomic E-state index is 0.0814. The van der Waals surface area contributed by atoms with Crippen molar-refractivity contribution in [2.24, 2.45) is 0 Å². The number of aromatic nitrogens is 2. The van der Waals surface area contributed by atoms with E-state index in [1.807, 2.05) is 29.7 Å². The van der Waals surface area contributed by atoms with E-state index in [0.29, 0.717) is 13.1 Å². The Morgan fingerprint density at radius 2 is 1.80 bits per heavy atom. The van der Waals surface area contributed by atoms with Crippen LogP contribution >= 0.6 is 11.3 Å². The first kappa shape index (κ1) is 17.8. The van der Waals surface area contributed by atoms with Gasteiger partial charge in [-0.25, -0.2) is 4.98 Å². The minimum Gasteiger partial charge on any atom is -0.297 e. The van der Waals surface area contributed by atoms with E-state index in [1.54, 1.807) is 11.3 Å². The number of nitrogens with zero attached hydrogens (tertiary/aromatic N) is 3. The lowest BCUT2D eigenvalue weighted by atomic mass is 10.2. The normalized spacial score (nSPS) is 11.6. The number of thiophene rings is 1. The maximum absolute atomic E-state index is 13.3. The second-order valence-corrected chi connectivity index (χ2v) is 7.53. The maximum Gasteiger partial charge on any atom is 0.262 e. The first-order chi connectivity index (χ1) is 12.0. The Kier molecular flexibility index (Phi) is 5.35. The van der Waals surface area contributed by atoms with Crippen molar-refractivity contribution in [3.05, 3.63) is 62.5 Å². The van der Waals surface area contributed by atoms with Crippen LogP contribution in [0.2, 0.25) is 0 Å². The molecule has 0 aliphatic carbocycles. The molecule has 0 aliphatic rings. The Morgan fingerprint density at radius 3 is 2.44 bits per heavy atom. The Hall–Kier alpha value is -1.98. The molecule has 0 radical (unpaired) electrons. The number of hydrogen-bond acceptors (Lipinski definition) is 4. The molecular formula is C20H25N3OS.